The van der Waals surface area contributed by atoms with Crippen LogP contribution in [0.15, 0.2) is 41.3 Å². The molecule has 1 heterocycles. The van der Waals surface area contributed by atoms with Gasteiger partial charge in [0.2, 0.25) is 0 Å². The number of amides is 1. The first-order valence-corrected chi connectivity index (χ1v) is 9.96. The van der Waals surface area contributed by atoms with E-state index in [1.54, 1.807) is 4.90 Å². The number of fused-ring (bicyclic) bond motifs is 1. The number of sulfone groups is 1. The van der Waals surface area contributed by atoms with Crippen LogP contribution in [0.3, 0.4) is 0 Å². The van der Waals surface area contributed by atoms with E-state index >= 15 is 0 Å². The Labute approximate surface area is 147 Å². The molecule has 2 aromatic rings. The van der Waals surface area contributed by atoms with Gasteiger partial charge in [0.15, 0.2) is 9.84 Å². The van der Waals surface area contributed by atoms with Gasteiger partial charge >= 0.3 is 0 Å². The maximum atomic E-state index is 13.1. The molecule has 1 aliphatic heterocycles. The van der Waals surface area contributed by atoms with E-state index in [2.05, 4.69) is 0 Å². The second kappa shape index (κ2) is 6.22. The van der Waals surface area contributed by atoms with Crippen LogP contribution in [-0.2, 0) is 16.3 Å². The molecule has 0 radical (unpaired) electrons. The van der Waals surface area contributed by atoms with Gasteiger partial charge in [0.05, 0.1) is 21.2 Å². The molecule has 0 saturated carbocycles. The molecule has 0 unspecified atom stereocenters. The van der Waals surface area contributed by atoms with E-state index in [0.717, 1.165) is 35.9 Å². The average molecular weight is 364 g/mol. The van der Waals surface area contributed by atoms with Crippen LogP contribution in [0.1, 0.15) is 27.9 Å². The van der Waals surface area contributed by atoms with Gasteiger partial charge in [-0.2, -0.15) is 0 Å². The molecule has 1 aliphatic rings. The predicted octanol–water partition coefficient (Wildman–Crippen LogP) is 3.64. The van der Waals surface area contributed by atoms with Crippen LogP contribution >= 0.6 is 11.6 Å². The molecule has 1 amide bonds. The number of aryl methyl sites for hydroxylation is 2. The van der Waals surface area contributed by atoms with Gasteiger partial charge in [0.1, 0.15) is 0 Å². The van der Waals surface area contributed by atoms with Crippen LogP contribution in [0.25, 0.3) is 0 Å². The predicted molar refractivity (Wildman–Crippen MR) is 95.7 cm³/mol. The van der Waals surface area contributed by atoms with E-state index in [-0.39, 0.29) is 21.4 Å². The van der Waals surface area contributed by atoms with Crippen molar-refractivity contribution < 1.29 is 13.2 Å². The Morgan fingerprint density at radius 2 is 1.96 bits per heavy atom. The number of para-hydroxylation sites is 1. The summed E-state index contributed by atoms with van der Waals surface area (Å²) in [4.78, 5) is 14.9. The lowest BCUT2D eigenvalue weighted by molar-refractivity contribution is 0.0985. The summed E-state index contributed by atoms with van der Waals surface area (Å²) >= 11 is 6.18. The number of carbonyl (C=O) groups excluding carboxylic acids is 1. The SMILES string of the molecule is Cc1cccc2c1N(C(=O)c1cc(S(C)(=O)=O)ccc1Cl)CCC2. The fraction of sp³-hybridized carbons (Fsp3) is 0.278. The maximum Gasteiger partial charge on any atom is 0.259 e. The van der Waals surface area contributed by atoms with Gasteiger partial charge in [0, 0.05) is 12.8 Å². The number of rotatable bonds is 2. The van der Waals surface area contributed by atoms with Crippen LogP contribution in [0, 0.1) is 6.92 Å². The highest BCUT2D eigenvalue weighted by atomic mass is 35.5. The number of anilines is 1. The average Bonchev–Trinajstić information content (AvgIpc) is 2.53. The number of carbonyl (C=O) groups is 1. The summed E-state index contributed by atoms with van der Waals surface area (Å²) in [5.41, 5.74) is 3.28. The Morgan fingerprint density at radius 3 is 2.67 bits per heavy atom. The van der Waals surface area contributed by atoms with Crippen molar-refractivity contribution in [2.45, 2.75) is 24.7 Å². The number of benzene rings is 2. The van der Waals surface area contributed by atoms with E-state index in [1.807, 2.05) is 25.1 Å². The minimum absolute atomic E-state index is 0.0947. The van der Waals surface area contributed by atoms with Gasteiger partial charge < -0.3 is 4.90 Å². The van der Waals surface area contributed by atoms with Crippen LogP contribution in [0.2, 0.25) is 5.02 Å². The quantitative estimate of drug-likeness (QED) is 0.818. The van der Waals surface area contributed by atoms with Crippen molar-refractivity contribution in [2.24, 2.45) is 0 Å². The molecule has 0 saturated heterocycles. The van der Waals surface area contributed by atoms with Crippen molar-refractivity contribution in [3.8, 4) is 0 Å². The van der Waals surface area contributed by atoms with Crippen LogP contribution in [0.4, 0.5) is 5.69 Å². The molecule has 0 N–H and O–H groups in total. The summed E-state index contributed by atoms with van der Waals surface area (Å²) in [6.07, 6.45) is 2.91. The lowest BCUT2D eigenvalue weighted by Gasteiger charge is -2.31. The number of nitrogens with zero attached hydrogens (tertiary/aromatic N) is 1. The first kappa shape index (κ1) is 17.0. The van der Waals surface area contributed by atoms with Crippen molar-refractivity contribution in [1.29, 1.82) is 0 Å². The second-order valence-corrected chi connectivity index (χ2v) is 8.48. The normalized spacial score (nSPS) is 14.4. The summed E-state index contributed by atoms with van der Waals surface area (Å²) in [5.74, 6) is -0.263. The van der Waals surface area contributed by atoms with Crippen molar-refractivity contribution in [1.82, 2.24) is 0 Å². The standard InChI is InChI=1S/C18H18ClNO3S/c1-12-5-3-6-13-7-4-10-20(17(12)13)18(21)15-11-14(24(2,22)23)8-9-16(15)19/h3,5-6,8-9,11H,4,7,10H2,1-2H3. The topological polar surface area (TPSA) is 54.5 Å². The monoisotopic (exact) mass is 363 g/mol. The highest BCUT2D eigenvalue weighted by molar-refractivity contribution is 7.90. The molecule has 0 aromatic heterocycles. The van der Waals surface area contributed by atoms with Crippen molar-refractivity contribution in [3.05, 3.63) is 58.1 Å². The van der Waals surface area contributed by atoms with Crippen molar-refractivity contribution in [3.63, 3.8) is 0 Å². The van der Waals surface area contributed by atoms with Gasteiger partial charge in [-0.3, -0.25) is 4.79 Å². The zero-order chi connectivity index (χ0) is 17.5. The fourth-order valence-corrected chi connectivity index (χ4v) is 3.94. The fourth-order valence-electron chi connectivity index (χ4n) is 3.09. The third-order valence-electron chi connectivity index (χ3n) is 4.26. The molecule has 0 bridgehead atoms. The van der Waals surface area contributed by atoms with E-state index in [0.29, 0.717) is 6.54 Å². The Kier molecular flexibility index (Phi) is 4.40. The number of halogens is 1. The van der Waals surface area contributed by atoms with Gasteiger partial charge in [-0.15, -0.1) is 0 Å². The molecule has 0 fully saturated rings. The van der Waals surface area contributed by atoms with Crippen LogP contribution < -0.4 is 4.90 Å². The van der Waals surface area contributed by atoms with Gasteiger partial charge in [-0.25, -0.2) is 8.42 Å². The first-order chi connectivity index (χ1) is 11.3. The van der Waals surface area contributed by atoms with E-state index < -0.39 is 9.84 Å². The van der Waals surface area contributed by atoms with Gasteiger partial charge in [-0.1, -0.05) is 29.8 Å². The smallest absolute Gasteiger partial charge is 0.259 e. The maximum absolute atomic E-state index is 13.1. The Balaban J connectivity index is 2.09. The number of hydrogen-bond donors (Lipinski definition) is 0. The van der Waals surface area contributed by atoms with Crippen molar-refractivity contribution in [2.75, 3.05) is 17.7 Å². The van der Waals surface area contributed by atoms with Crippen molar-refractivity contribution >= 4 is 33.0 Å². The zero-order valence-electron chi connectivity index (χ0n) is 13.5. The van der Waals surface area contributed by atoms with E-state index in [9.17, 15) is 13.2 Å². The molecule has 6 heteroatoms. The van der Waals surface area contributed by atoms with Crippen LogP contribution in [0.5, 0.6) is 0 Å². The van der Waals surface area contributed by atoms with Crippen LogP contribution in [-0.4, -0.2) is 27.1 Å². The lowest BCUT2D eigenvalue weighted by Crippen LogP contribution is -2.36. The highest BCUT2D eigenvalue weighted by Gasteiger charge is 2.27. The highest BCUT2D eigenvalue weighted by Crippen LogP contribution is 2.33. The summed E-state index contributed by atoms with van der Waals surface area (Å²) in [5, 5.41) is 0.258. The lowest BCUT2D eigenvalue weighted by atomic mass is 9.97. The molecular formula is C18H18ClNO3S. The molecular weight excluding hydrogens is 346 g/mol. The third-order valence-corrected chi connectivity index (χ3v) is 5.70. The summed E-state index contributed by atoms with van der Waals surface area (Å²) in [6, 6.07) is 10.2. The molecule has 2 aromatic carbocycles. The minimum Gasteiger partial charge on any atom is -0.308 e. The second-order valence-electron chi connectivity index (χ2n) is 6.06. The van der Waals surface area contributed by atoms with Gasteiger partial charge in [0.25, 0.3) is 5.91 Å². The summed E-state index contributed by atoms with van der Waals surface area (Å²) in [6.45, 7) is 2.56. The first-order valence-electron chi connectivity index (χ1n) is 7.69. The Bertz CT molecular complexity index is 922. The molecule has 0 spiro atoms. The summed E-state index contributed by atoms with van der Waals surface area (Å²) in [7, 11) is -3.40. The third kappa shape index (κ3) is 3.06. The molecule has 4 nitrogen and oxygen atoms in total. The Morgan fingerprint density at radius 1 is 1.21 bits per heavy atom. The van der Waals surface area contributed by atoms with Gasteiger partial charge in [-0.05, 0) is 49.1 Å². The molecule has 3 rings (SSSR count). The minimum atomic E-state index is -3.40. The van der Waals surface area contributed by atoms with E-state index in [1.165, 1.54) is 18.2 Å². The molecule has 0 atom stereocenters. The molecule has 126 valence electrons. The zero-order valence-corrected chi connectivity index (χ0v) is 15.1. The summed E-state index contributed by atoms with van der Waals surface area (Å²) < 4.78 is 23.6. The molecule has 0 aliphatic carbocycles. The van der Waals surface area contributed by atoms with E-state index in [4.69, 9.17) is 11.6 Å². The molecule has 24 heavy (non-hydrogen) atoms. The number of hydrogen-bond acceptors (Lipinski definition) is 3. The largest absolute Gasteiger partial charge is 0.308 e. The Hall–Kier alpha value is -1.85.